The Morgan fingerprint density at radius 2 is 1.92 bits per heavy atom. The fourth-order valence-electron chi connectivity index (χ4n) is 2.82. The molecule has 26 heavy (non-hydrogen) atoms. The third kappa shape index (κ3) is 5.00. The Bertz CT molecular complexity index is 708. The lowest BCUT2D eigenvalue weighted by Crippen LogP contribution is -2.57. The lowest BCUT2D eigenvalue weighted by atomic mass is 10.1. The van der Waals surface area contributed by atoms with E-state index in [1.54, 1.807) is 23.3 Å². The van der Waals surface area contributed by atoms with Crippen molar-refractivity contribution in [3.63, 3.8) is 0 Å². The number of hydrogen-bond acceptors (Lipinski definition) is 5. The molecule has 0 spiro atoms. The van der Waals surface area contributed by atoms with Gasteiger partial charge in [0.2, 0.25) is 0 Å². The van der Waals surface area contributed by atoms with Crippen molar-refractivity contribution < 1.29 is 23.8 Å². The van der Waals surface area contributed by atoms with Crippen LogP contribution in [0.25, 0.3) is 0 Å². The molecule has 0 bridgehead atoms. The zero-order valence-corrected chi connectivity index (χ0v) is 14.9. The summed E-state index contributed by atoms with van der Waals surface area (Å²) in [6.07, 6.45) is 1.07. The summed E-state index contributed by atoms with van der Waals surface area (Å²) in [5, 5.41) is 9.49. The molecule has 2 aromatic rings. The van der Waals surface area contributed by atoms with Gasteiger partial charge in [-0.3, -0.25) is 9.69 Å². The average molecular weight is 381 g/mol. The molecule has 140 valence electrons. The molecular weight excluding hydrogens is 360 g/mol. The van der Waals surface area contributed by atoms with Crippen molar-refractivity contribution in [1.29, 1.82) is 0 Å². The zero-order valence-electron chi connectivity index (χ0n) is 14.1. The van der Waals surface area contributed by atoms with Gasteiger partial charge in [-0.05, 0) is 17.7 Å². The molecular formula is C18H21ClN2O5. The maximum Gasteiger partial charge on any atom is 0.410 e. The number of furan rings is 1. The van der Waals surface area contributed by atoms with Crippen LogP contribution in [0, 0.1) is 0 Å². The predicted octanol–water partition coefficient (Wildman–Crippen LogP) is 2.61. The molecule has 0 saturated carbocycles. The molecule has 1 atom stereocenters. The molecule has 1 aromatic heterocycles. The second kappa shape index (κ2) is 9.26. The summed E-state index contributed by atoms with van der Waals surface area (Å²) < 4.78 is 10.6. The van der Waals surface area contributed by atoms with Crippen molar-refractivity contribution >= 4 is 24.5 Å². The molecule has 1 saturated heterocycles. The first kappa shape index (κ1) is 19.8. The van der Waals surface area contributed by atoms with Gasteiger partial charge in [-0.25, -0.2) is 4.79 Å². The van der Waals surface area contributed by atoms with Crippen molar-refractivity contribution in [1.82, 2.24) is 9.80 Å². The third-order valence-corrected chi connectivity index (χ3v) is 4.18. The van der Waals surface area contributed by atoms with E-state index < -0.39 is 18.1 Å². The van der Waals surface area contributed by atoms with Crippen LogP contribution in [0.15, 0.2) is 53.1 Å². The van der Waals surface area contributed by atoms with Gasteiger partial charge in [0.1, 0.15) is 18.4 Å². The number of hydrogen-bond donors (Lipinski definition) is 1. The highest BCUT2D eigenvalue weighted by Gasteiger charge is 2.35. The Morgan fingerprint density at radius 3 is 2.58 bits per heavy atom. The number of carboxylic acid groups (broad SMARTS) is 1. The smallest absolute Gasteiger partial charge is 0.410 e. The van der Waals surface area contributed by atoms with Crippen LogP contribution in [-0.4, -0.2) is 52.6 Å². The minimum Gasteiger partial charge on any atom is -0.480 e. The van der Waals surface area contributed by atoms with Crippen molar-refractivity contribution in [3.8, 4) is 0 Å². The summed E-state index contributed by atoms with van der Waals surface area (Å²) in [4.78, 5) is 27.1. The van der Waals surface area contributed by atoms with Gasteiger partial charge < -0.3 is 19.2 Å². The van der Waals surface area contributed by atoms with Gasteiger partial charge >= 0.3 is 12.1 Å². The monoisotopic (exact) mass is 380 g/mol. The van der Waals surface area contributed by atoms with E-state index in [9.17, 15) is 14.7 Å². The molecule has 1 unspecified atom stereocenters. The van der Waals surface area contributed by atoms with Crippen molar-refractivity contribution in [2.45, 2.75) is 19.2 Å². The Labute approximate surface area is 157 Å². The standard InChI is InChI=1S/C18H20N2O5.ClH/c21-17(22)16-12-20(9-8-19(16)11-15-7-4-10-24-15)18(23)25-13-14-5-2-1-3-6-14;/h1-7,10,16H,8-9,11-13H2,(H,21,22);1H. The van der Waals surface area contributed by atoms with Gasteiger partial charge in [0.15, 0.2) is 0 Å². The van der Waals surface area contributed by atoms with Gasteiger partial charge in [0.25, 0.3) is 0 Å². The molecule has 0 aliphatic carbocycles. The SMILES string of the molecule is Cl.O=C(O)C1CN(C(=O)OCc2ccccc2)CCN1Cc1ccco1. The summed E-state index contributed by atoms with van der Waals surface area (Å²) in [6.45, 7) is 1.51. The van der Waals surface area contributed by atoms with Crippen LogP contribution >= 0.6 is 12.4 Å². The minimum atomic E-state index is -0.966. The quantitative estimate of drug-likeness (QED) is 0.858. The summed E-state index contributed by atoms with van der Waals surface area (Å²) >= 11 is 0. The van der Waals surface area contributed by atoms with Crippen molar-refractivity contribution in [2.75, 3.05) is 19.6 Å². The van der Waals surface area contributed by atoms with Crippen LogP contribution in [0.2, 0.25) is 0 Å². The normalized spacial score (nSPS) is 17.4. The number of amides is 1. The number of benzene rings is 1. The molecule has 1 N–H and O–H groups in total. The summed E-state index contributed by atoms with van der Waals surface area (Å²) in [5.74, 6) is -0.265. The fourth-order valence-corrected chi connectivity index (χ4v) is 2.82. The largest absolute Gasteiger partial charge is 0.480 e. The maximum absolute atomic E-state index is 12.2. The van der Waals surface area contributed by atoms with Crippen LogP contribution < -0.4 is 0 Å². The van der Waals surface area contributed by atoms with Gasteiger partial charge in [0, 0.05) is 13.1 Å². The van der Waals surface area contributed by atoms with E-state index in [0.29, 0.717) is 25.4 Å². The van der Waals surface area contributed by atoms with E-state index in [1.165, 1.54) is 4.90 Å². The summed E-state index contributed by atoms with van der Waals surface area (Å²) in [7, 11) is 0. The number of rotatable bonds is 5. The number of halogens is 1. The molecule has 0 radical (unpaired) electrons. The zero-order chi connectivity index (χ0) is 17.6. The second-order valence-corrected chi connectivity index (χ2v) is 5.89. The van der Waals surface area contributed by atoms with E-state index in [2.05, 4.69) is 0 Å². The highest BCUT2D eigenvalue weighted by molar-refractivity contribution is 5.85. The molecule has 8 heteroatoms. The first-order valence-corrected chi connectivity index (χ1v) is 8.08. The molecule has 1 aliphatic rings. The van der Waals surface area contributed by atoms with Crippen LogP contribution in [-0.2, 0) is 22.7 Å². The van der Waals surface area contributed by atoms with Crippen LogP contribution in [0.1, 0.15) is 11.3 Å². The molecule has 1 aliphatic heterocycles. The minimum absolute atomic E-state index is 0. The van der Waals surface area contributed by atoms with Gasteiger partial charge in [-0.15, -0.1) is 12.4 Å². The number of carbonyl (C=O) groups excluding carboxylic acids is 1. The van der Waals surface area contributed by atoms with Gasteiger partial charge in [-0.2, -0.15) is 0 Å². The number of ether oxygens (including phenoxy) is 1. The Morgan fingerprint density at radius 1 is 1.15 bits per heavy atom. The molecule has 7 nitrogen and oxygen atoms in total. The summed E-state index contributed by atoms with van der Waals surface area (Å²) in [5.41, 5.74) is 0.891. The molecule has 2 heterocycles. The summed E-state index contributed by atoms with van der Waals surface area (Å²) in [6, 6.07) is 12.2. The van der Waals surface area contributed by atoms with E-state index >= 15 is 0 Å². The topological polar surface area (TPSA) is 83.2 Å². The van der Waals surface area contributed by atoms with E-state index in [1.807, 2.05) is 30.3 Å². The van der Waals surface area contributed by atoms with E-state index in [4.69, 9.17) is 9.15 Å². The number of piperazine rings is 1. The van der Waals surface area contributed by atoms with Crippen molar-refractivity contribution in [2.24, 2.45) is 0 Å². The molecule has 1 fully saturated rings. The molecule has 3 rings (SSSR count). The number of aliphatic carboxylic acids is 1. The van der Waals surface area contributed by atoms with E-state index in [0.717, 1.165) is 5.56 Å². The van der Waals surface area contributed by atoms with Crippen molar-refractivity contribution in [3.05, 3.63) is 60.1 Å². The fraction of sp³-hybridized carbons (Fsp3) is 0.333. The first-order valence-electron chi connectivity index (χ1n) is 8.08. The number of carbonyl (C=O) groups is 2. The first-order chi connectivity index (χ1) is 12.1. The van der Waals surface area contributed by atoms with Crippen LogP contribution in [0.4, 0.5) is 4.79 Å². The Hall–Kier alpha value is -2.51. The Kier molecular flexibility index (Phi) is 7.06. The molecule has 1 amide bonds. The highest BCUT2D eigenvalue weighted by Crippen LogP contribution is 2.16. The molecule has 1 aromatic carbocycles. The lowest BCUT2D eigenvalue weighted by Gasteiger charge is -2.38. The van der Waals surface area contributed by atoms with Gasteiger partial charge in [-0.1, -0.05) is 30.3 Å². The third-order valence-electron chi connectivity index (χ3n) is 4.18. The van der Waals surface area contributed by atoms with Crippen LogP contribution in [0.3, 0.4) is 0 Å². The van der Waals surface area contributed by atoms with E-state index in [-0.39, 0.29) is 25.6 Å². The second-order valence-electron chi connectivity index (χ2n) is 5.89. The highest BCUT2D eigenvalue weighted by atomic mass is 35.5. The average Bonchev–Trinajstić information content (AvgIpc) is 3.14. The Balaban J connectivity index is 0.00000243. The predicted molar refractivity (Wildman–Crippen MR) is 96.0 cm³/mol. The number of carboxylic acids is 1. The maximum atomic E-state index is 12.2. The van der Waals surface area contributed by atoms with Gasteiger partial charge in [0.05, 0.1) is 19.4 Å². The number of nitrogens with zero attached hydrogens (tertiary/aromatic N) is 2. The lowest BCUT2D eigenvalue weighted by molar-refractivity contribution is -0.145. The van der Waals surface area contributed by atoms with Crippen LogP contribution in [0.5, 0.6) is 0 Å².